The number of hydrogen-bond acceptors (Lipinski definition) is 16. The van der Waals surface area contributed by atoms with Crippen LogP contribution in [0, 0.1) is 11.8 Å². The Hall–Kier alpha value is -2.25. The van der Waals surface area contributed by atoms with Gasteiger partial charge in [0, 0.05) is 41.5 Å². The van der Waals surface area contributed by atoms with Gasteiger partial charge in [-0.15, -0.1) is 0 Å². The van der Waals surface area contributed by atoms with Gasteiger partial charge in [-0.2, -0.15) is 8.62 Å². The van der Waals surface area contributed by atoms with Crippen molar-refractivity contribution in [3.05, 3.63) is 28.5 Å². The third-order valence-corrected chi connectivity index (χ3v) is 14.9. The molecule has 2 aromatic rings. The summed E-state index contributed by atoms with van der Waals surface area (Å²) in [6.45, 7) is -0.124. The molecule has 1 aliphatic carbocycles. The van der Waals surface area contributed by atoms with Gasteiger partial charge in [0.05, 0.1) is 30.2 Å². The molecule has 3 heterocycles. The zero-order valence-corrected chi connectivity index (χ0v) is 35.2. The number of phosphoric ester groups is 1. The zero-order valence-electron chi connectivity index (χ0n) is 30.9. The van der Waals surface area contributed by atoms with E-state index < -0.39 is 55.2 Å². The number of hydrogen-bond donors (Lipinski definition) is 7. The second-order valence-electron chi connectivity index (χ2n) is 12.9. The topological polar surface area (TPSA) is 325 Å². The van der Waals surface area contributed by atoms with E-state index in [1.165, 1.54) is 57.7 Å². The Bertz CT molecular complexity index is 1890. The fraction of sp³-hybridized carbons (Fsp3) is 0.700. The molecule has 2 fully saturated rings. The van der Waals surface area contributed by atoms with E-state index in [-0.39, 0.29) is 24.7 Å². The molecule has 8 N–H and O–H groups in total. The van der Waals surface area contributed by atoms with Crippen molar-refractivity contribution in [1.82, 2.24) is 25.2 Å². The Kier molecular flexibility index (Phi) is 19.6. The summed E-state index contributed by atoms with van der Waals surface area (Å²) in [5.41, 5.74) is 15.5. The van der Waals surface area contributed by atoms with Crippen molar-refractivity contribution in [3.63, 3.8) is 0 Å². The minimum Gasteiger partial charge on any atom is -0.383 e. The minimum atomic E-state index is -5.76. The lowest BCUT2D eigenvalue weighted by Gasteiger charge is -2.22. The Labute approximate surface area is 336 Å². The van der Waals surface area contributed by atoms with E-state index in [1.807, 2.05) is 0 Å². The van der Waals surface area contributed by atoms with Crippen LogP contribution < -0.4 is 16.4 Å². The van der Waals surface area contributed by atoms with Crippen molar-refractivity contribution in [2.24, 2.45) is 5.11 Å². The predicted molar refractivity (Wildman–Crippen MR) is 212 cm³/mol. The number of carbonyl (C=O) groups excluding carboxylic acids is 1. The molecule has 2 unspecified atom stereocenters. The second-order valence-corrected chi connectivity index (χ2v) is 20.0. The number of rotatable bonds is 24. The van der Waals surface area contributed by atoms with Crippen molar-refractivity contribution in [1.29, 1.82) is 0 Å². The number of nitrogens with zero attached hydrogens (tertiary/aromatic N) is 6. The summed E-state index contributed by atoms with van der Waals surface area (Å²) >= 11 is 0. The quantitative estimate of drug-likeness (QED) is 0.0138. The molecule has 2 aliphatic rings. The van der Waals surface area contributed by atoms with Gasteiger partial charge in [0.1, 0.15) is 36.9 Å². The third kappa shape index (κ3) is 17.1. The molecular formula is C30H48N9O13P3S2. The SMILES string of the molecule is [N-]=[N+]=NCO[C@@H]1C[C@H](n2cc(C#CCNC(=O)CCSSCCCCCCNC3CCCCC3)c3c(N)ncnc32)O[C@@H]1COP(=O)(O)OP(=O)(O)OP(=O)(O)O. The van der Waals surface area contributed by atoms with Crippen LogP contribution in [0.4, 0.5) is 5.82 Å². The Morgan fingerprint density at radius 3 is 2.58 bits per heavy atom. The number of nitrogen functional groups attached to an aromatic ring is 1. The van der Waals surface area contributed by atoms with Crippen LogP contribution in [0.5, 0.6) is 0 Å². The van der Waals surface area contributed by atoms with Crippen LogP contribution in [0.25, 0.3) is 21.5 Å². The number of ether oxygens (including phenoxy) is 2. The molecule has 318 valence electrons. The van der Waals surface area contributed by atoms with Crippen LogP contribution in [0.2, 0.25) is 0 Å². The average molecular weight is 900 g/mol. The average Bonchev–Trinajstić information content (AvgIpc) is 3.72. The van der Waals surface area contributed by atoms with E-state index in [9.17, 15) is 28.3 Å². The van der Waals surface area contributed by atoms with E-state index in [2.05, 4.69) is 51.1 Å². The van der Waals surface area contributed by atoms with E-state index in [0.717, 1.165) is 18.7 Å². The maximum Gasteiger partial charge on any atom is 0.490 e. The largest absolute Gasteiger partial charge is 0.490 e. The molecule has 27 heteroatoms. The summed E-state index contributed by atoms with van der Waals surface area (Å²) in [5.74, 6) is 7.56. The summed E-state index contributed by atoms with van der Waals surface area (Å²) < 4.78 is 60.4. The van der Waals surface area contributed by atoms with E-state index >= 15 is 0 Å². The number of fused-ring (bicyclic) bond motifs is 1. The van der Waals surface area contributed by atoms with Crippen LogP contribution in [-0.4, -0.2) is 96.2 Å². The van der Waals surface area contributed by atoms with Gasteiger partial charge < -0.3 is 50.0 Å². The Morgan fingerprint density at radius 1 is 1.07 bits per heavy atom. The van der Waals surface area contributed by atoms with Crippen LogP contribution in [-0.2, 0) is 41.1 Å². The predicted octanol–water partition coefficient (Wildman–Crippen LogP) is 5.02. The Balaban J connectivity index is 1.25. The van der Waals surface area contributed by atoms with Gasteiger partial charge >= 0.3 is 23.5 Å². The van der Waals surface area contributed by atoms with Crippen molar-refractivity contribution in [3.8, 4) is 11.8 Å². The van der Waals surface area contributed by atoms with E-state index in [1.54, 1.807) is 32.4 Å². The number of nitrogens with two attached hydrogens (primary N) is 1. The Morgan fingerprint density at radius 2 is 1.82 bits per heavy atom. The summed E-state index contributed by atoms with van der Waals surface area (Å²) in [5, 5.41) is 10.2. The van der Waals surface area contributed by atoms with Crippen LogP contribution in [0.1, 0.15) is 82.4 Å². The summed E-state index contributed by atoms with van der Waals surface area (Å²) in [6, 6.07) is 0.714. The number of unbranched alkanes of at least 4 members (excludes halogenated alkanes) is 3. The smallest absolute Gasteiger partial charge is 0.383 e. The maximum atomic E-state index is 12.4. The molecule has 2 aromatic heterocycles. The molecule has 1 saturated carbocycles. The first-order valence-corrected chi connectivity index (χ1v) is 25.1. The van der Waals surface area contributed by atoms with Crippen molar-refractivity contribution in [2.75, 3.05) is 43.7 Å². The molecule has 57 heavy (non-hydrogen) atoms. The fourth-order valence-electron chi connectivity index (χ4n) is 6.12. The number of anilines is 1. The summed E-state index contributed by atoms with van der Waals surface area (Å²) in [4.78, 5) is 60.3. The summed E-state index contributed by atoms with van der Waals surface area (Å²) in [7, 11) is -13.4. The normalized spacial score (nSPS) is 20.9. The van der Waals surface area contributed by atoms with Gasteiger partial charge in [0.15, 0.2) is 0 Å². The molecule has 0 spiro atoms. The molecule has 1 amide bonds. The van der Waals surface area contributed by atoms with Crippen molar-refractivity contribution < 1.29 is 60.7 Å². The van der Waals surface area contributed by atoms with Gasteiger partial charge in [0.2, 0.25) is 5.91 Å². The second kappa shape index (κ2) is 23.5. The molecule has 1 saturated heterocycles. The van der Waals surface area contributed by atoms with Gasteiger partial charge in [-0.05, 0) is 37.8 Å². The number of phosphoric acid groups is 3. The molecule has 0 radical (unpaired) electrons. The monoisotopic (exact) mass is 899 g/mol. The molecule has 0 aromatic carbocycles. The molecule has 5 atom stereocenters. The minimum absolute atomic E-state index is 0.0242. The van der Waals surface area contributed by atoms with E-state index in [0.29, 0.717) is 34.8 Å². The molecule has 4 rings (SSSR count). The highest BCUT2D eigenvalue weighted by atomic mass is 33.1. The van der Waals surface area contributed by atoms with Gasteiger partial charge in [-0.1, -0.05) is 70.6 Å². The van der Waals surface area contributed by atoms with Crippen LogP contribution in [0.3, 0.4) is 0 Å². The van der Waals surface area contributed by atoms with Gasteiger partial charge in [-0.25, -0.2) is 23.7 Å². The highest BCUT2D eigenvalue weighted by molar-refractivity contribution is 8.76. The number of nitrogens with one attached hydrogen (secondary N) is 2. The molecule has 0 bridgehead atoms. The maximum absolute atomic E-state index is 12.4. The van der Waals surface area contributed by atoms with Crippen LogP contribution in [0.15, 0.2) is 17.6 Å². The lowest BCUT2D eigenvalue weighted by atomic mass is 9.95. The van der Waals surface area contributed by atoms with E-state index in [4.69, 9.17) is 35.0 Å². The lowest BCUT2D eigenvalue weighted by Crippen LogP contribution is -2.31. The lowest BCUT2D eigenvalue weighted by molar-refractivity contribution is -0.120. The molecular weight excluding hydrogens is 851 g/mol. The van der Waals surface area contributed by atoms with Gasteiger partial charge in [-0.3, -0.25) is 9.32 Å². The fourth-order valence-corrected chi connectivity index (χ4v) is 11.3. The third-order valence-electron chi connectivity index (χ3n) is 8.64. The molecule has 1 aliphatic heterocycles. The number of amides is 1. The van der Waals surface area contributed by atoms with Crippen LogP contribution >= 0.6 is 45.1 Å². The first-order valence-electron chi connectivity index (χ1n) is 18.1. The van der Waals surface area contributed by atoms with Gasteiger partial charge in [0.25, 0.3) is 0 Å². The molecule has 22 nitrogen and oxygen atoms in total. The summed E-state index contributed by atoms with van der Waals surface area (Å²) in [6.07, 6.45) is 11.6. The highest BCUT2D eigenvalue weighted by Gasteiger charge is 2.43. The van der Waals surface area contributed by atoms with Crippen molar-refractivity contribution in [2.45, 2.75) is 95.1 Å². The first kappa shape index (κ1) is 47.4. The number of azide groups is 1. The number of aromatic nitrogens is 3. The van der Waals surface area contributed by atoms with Crippen molar-refractivity contribution >= 4 is 67.8 Å². The highest BCUT2D eigenvalue weighted by Crippen LogP contribution is 2.66. The zero-order chi connectivity index (χ0) is 41.3. The first-order chi connectivity index (χ1) is 27.2. The standard InChI is InChI=1S/C30H48N9O13P3S2/c31-29-28-22(9-8-14-34-26(40)12-16-57-56-15-7-2-1-6-13-33-23-10-4-3-5-11-23)18-39(30(28)36-20-35-29)27-17-24(48-21-37-38-32)25(50-27)19-49-54(44,45)52-55(46,47)51-53(41,42)43/h18,20,23-25,27,33H,1-7,10-17,19,21H2,(H,34,40)(H,44,45)(H,46,47)(H2,31,35,36)(H2,41,42,43)/t24-,25-,27-/m1/s1. The number of carbonyl (C=O) groups is 1.